The minimum absolute atomic E-state index is 0.0987. The van der Waals surface area contributed by atoms with Crippen LogP contribution in [-0.4, -0.2) is 33.3 Å². The Morgan fingerprint density at radius 2 is 1.95 bits per heavy atom. The monoisotopic (exact) mass is 655 g/mol. The second kappa shape index (κ2) is 12.8. The molecule has 1 N–H and O–H groups in total. The molecule has 3 aromatic carbocycles. The molecule has 1 heterocycles. The summed E-state index contributed by atoms with van der Waals surface area (Å²) in [6, 6.07) is 16.9. The molecule has 4 rings (SSSR count). The zero-order chi connectivity index (χ0) is 27.9. The largest absolute Gasteiger partial charge is 0.476 e. The van der Waals surface area contributed by atoms with Crippen LogP contribution >= 0.6 is 31.9 Å². The van der Waals surface area contributed by atoms with Crippen LogP contribution in [0.2, 0.25) is 0 Å². The highest BCUT2D eigenvalue weighted by Gasteiger charge is 2.21. The van der Waals surface area contributed by atoms with Gasteiger partial charge in [-0.3, -0.25) is 19.7 Å². The first-order valence-corrected chi connectivity index (χ1v) is 13.6. The number of amides is 1. The van der Waals surface area contributed by atoms with Crippen molar-refractivity contribution in [3.8, 4) is 5.75 Å². The number of fused-ring (bicyclic) bond motifs is 1. The van der Waals surface area contributed by atoms with Gasteiger partial charge in [0.1, 0.15) is 5.82 Å². The number of aromatic nitrogens is 2. The fraction of sp³-hybridized carbons (Fsp3) is 0.185. The average molecular weight is 657 g/mol. The second-order valence-electron chi connectivity index (χ2n) is 8.47. The first-order valence-electron chi connectivity index (χ1n) is 12.0. The summed E-state index contributed by atoms with van der Waals surface area (Å²) in [5.74, 6) is -0.0771. The molecule has 39 heavy (non-hydrogen) atoms. The molecule has 0 aliphatic carbocycles. The third-order valence-corrected chi connectivity index (χ3v) is 6.68. The smallest absolute Gasteiger partial charge is 0.312 e. The van der Waals surface area contributed by atoms with Crippen LogP contribution < -0.4 is 15.6 Å². The molecule has 0 spiro atoms. The first-order chi connectivity index (χ1) is 18.8. The van der Waals surface area contributed by atoms with Crippen molar-refractivity contribution in [2.24, 2.45) is 5.10 Å². The Morgan fingerprint density at radius 3 is 2.67 bits per heavy atom. The van der Waals surface area contributed by atoms with Crippen LogP contribution in [-0.2, 0) is 11.2 Å². The standard InChI is InChI=1S/C27H23Br2N5O5/c1-2-3-9-24-32-22-11-10-18(28)14-20(22)27(36)33(24)30-15-17-12-21(29)26(23(13-17)34(37)38)39-16-25(35)31-19-7-5-4-6-8-19/h4-8,10-15H,2-3,9,16H2,1H3,(H,31,35). The summed E-state index contributed by atoms with van der Waals surface area (Å²) in [4.78, 5) is 41.4. The zero-order valence-corrected chi connectivity index (χ0v) is 23.9. The first kappa shape index (κ1) is 28.1. The van der Waals surface area contributed by atoms with E-state index in [1.165, 1.54) is 17.0 Å². The number of carbonyl (C=O) groups excluding carboxylic acids is 1. The van der Waals surface area contributed by atoms with Gasteiger partial charge in [-0.15, -0.1) is 0 Å². The van der Waals surface area contributed by atoms with Gasteiger partial charge in [0.25, 0.3) is 11.5 Å². The number of unbranched alkanes of at least 4 members (excludes halogenated alkanes) is 1. The number of anilines is 1. The molecule has 0 saturated heterocycles. The summed E-state index contributed by atoms with van der Waals surface area (Å²) < 4.78 is 7.72. The third-order valence-electron chi connectivity index (χ3n) is 5.60. The lowest BCUT2D eigenvalue weighted by Crippen LogP contribution is -2.22. The number of ether oxygens (including phenoxy) is 1. The Morgan fingerprint density at radius 1 is 1.18 bits per heavy atom. The summed E-state index contributed by atoms with van der Waals surface area (Å²) in [5, 5.41) is 19.2. The predicted octanol–water partition coefficient (Wildman–Crippen LogP) is 6.07. The van der Waals surface area contributed by atoms with Crippen LogP contribution in [0, 0.1) is 10.1 Å². The molecule has 0 radical (unpaired) electrons. The van der Waals surface area contributed by atoms with Crippen LogP contribution in [0.4, 0.5) is 11.4 Å². The summed E-state index contributed by atoms with van der Waals surface area (Å²) in [7, 11) is 0. The van der Waals surface area contributed by atoms with Crippen LogP contribution in [0.15, 0.2) is 79.5 Å². The van der Waals surface area contributed by atoms with E-state index < -0.39 is 17.4 Å². The zero-order valence-electron chi connectivity index (χ0n) is 20.8. The molecule has 0 atom stereocenters. The second-order valence-corrected chi connectivity index (χ2v) is 10.2. The molecule has 0 saturated carbocycles. The topological polar surface area (TPSA) is 129 Å². The number of para-hydroxylation sites is 1. The normalized spacial score (nSPS) is 11.2. The molecule has 1 amide bonds. The van der Waals surface area contributed by atoms with Crippen LogP contribution in [0.25, 0.3) is 10.9 Å². The Labute approximate surface area is 240 Å². The lowest BCUT2D eigenvalue weighted by Gasteiger charge is -2.11. The summed E-state index contributed by atoms with van der Waals surface area (Å²) in [6.45, 7) is 1.60. The number of benzene rings is 3. The summed E-state index contributed by atoms with van der Waals surface area (Å²) in [6.07, 6.45) is 3.61. The maximum atomic E-state index is 13.3. The van der Waals surface area contributed by atoms with E-state index in [1.54, 1.807) is 42.5 Å². The summed E-state index contributed by atoms with van der Waals surface area (Å²) in [5.41, 5.74) is 0.781. The SMILES string of the molecule is CCCCc1nc2ccc(Br)cc2c(=O)n1N=Cc1cc(Br)c(OCC(=O)Nc2ccccc2)c([N+](=O)[O-])c1. The van der Waals surface area contributed by atoms with Crippen LogP contribution in [0.3, 0.4) is 0 Å². The lowest BCUT2D eigenvalue weighted by molar-refractivity contribution is -0.385. The number of rotatable bonds is 10. The molecule has 0 aliphatic heterocycles. The lowest BCUT2D eigenvalue weighted by atomic mass is 10.2. The molecular weight excluding hydrogens is 634 g/mol. The Hall–Kier alpha value is -3.90. The fourth-order valence-electron chi connectivity index (χ4n) is 3.74. The number of nitro groups is 1. The molecule has 12 heteroatoms. The summed E-state index contributed by atoms with van der Waals surface area (Å²) >= 11 is 6.69. The van der Waals surface area contributed by atoms with E-state index in [0.717, 1.165) is 17.3 Å². The minimum atomic E-state index is -0.611. The Bertz CT molecular complexity index is 1620. The quantitative estimate of drug-likeness (QED) is 0.125. The maximum Gasteiger partial charge on any atom is 0.312 e. The van der Waals surface area contributed by atoms with Gasteiger partial charge >= 0.3 is 5.69 Å². The average Bonchev–Trinajstić information content (AvgIpc) is 2.91. The fourth-order valence-corrected chi connectivity index (χ4v) is 4.69. The van der Waals surface area contributed by atoms with Gasteiger partial charge in [-0.25, -0.2) is 4.98 Å². The highest BCUT2D eigenvalue weighted by Crippen LogP contribution is 2.36. The highest BCUT2D eigenvalue weighted by molar-refractivity contribution is 9.10. The van der Waals surface area contributed by atoms with E-state index >= 15 is 0 Å². The van der Waals surface area contributed by atoms with Gasteiger partial charge in [-0.2, -0.15) is 9.78 Å². The molecule has 0 bridgehead atoms. The van der Waals surface area contributed by atoms with Gasteiger partial charge < -0.3 is 10.1 Å². The van der Waals surface area contributed by atoms with E-state index in [9.17, 15) is 19.7 Å². The van der Waals surface area contributed by atoms with Gasteiger partial charge in [0, 0.05) is 28.2 Å². The van der Waals surface area contributed by atoms with Gasteiger partial charge in [0.05, 0.1) is 26.5 Å². The highest BCUT2D eigenvalue weighted by atomic mass is 79.9. The van der Waals surface area contributed by atoms with Crippen molar-refractivity contribution < 1.29 is 14.5 Å². The van der Waals surface area contributed by atoms with Crippen molar-refractivity contribution in [2.45, 2.75) is 26.2 Å². The number of hydrogen-bond acceptors (Lipinski definition) is 7. The molecular formula is C27H23Br2N5O5. The molecule has 4 aromatic rings. The van der Waals surface area contributed by atoms with E-state index in [1.807, 2.05) is 19.1 Å². The van der Waals surface area contributed by atoms with Gasteiger partial charge in [0.2, 0.25) is 5.75 Å². The number of nitrogens with one attached hydrogen (secondary N) is 1. The number of hydrogen-bond donors (Lipinski definition) is 1. The molecule has 0 fully saturated rings. The number of aryl methyl sites for hydroxylation is 1. The van der Waals surface area contributed by atoms with E-state index in [2.05, 4.69) is 47.3 Å². The van der Waals surface area contributed by atoms with Crippen molar-refractivity contribution in [3.05, 3.63) is 101 Å². The number of halogens is 2. The molecule has 0 unspecified atom stereocenters. The maximum absolute atomic E-state index is 13.3. The number of carbonyl (C=O) groups is 1. The van der Waals surface area contributed by atoms with Crippen LogP contribution in [0.5, 0.6) is 5.75 Å². The number of nitrogens with zero attached hydrogens (tertiary/aromatic N) is 4. The van der Waals surface area contributed by atoms with Gasteiger partial charge in [0.15, 0.2) is 6.61 Å². The molecule has 0 aliphatic rings. The van der Waals surface area contributed by atoms with E-state index in [0.29, 0.717) is 34.4 Å². The molecule has 1 aromatic heterocycles. The van der Waals surface area contributed by atoms with E-state index in [4.69, 9.17) is 4.74 Å². The Balaban J connectivity index is 1.63. The van der Waals surface area contributed by atoms with Gasteiger partial charge in [-0.05, 0) is 58.7 Å². The molecule has 10 nitrogen and oxygen atoms in total. The van der Waals surface area contributed by atoms with E-state index in [-0.39, 0.29) is 21.5 Å². The predicted molar refractivity (Wildman–Crippen MR) is 157 cm³/mol. The van der Waals surface area contributed by atoms with Crippen molar-refractivity contribution in [2.75, 3.05) is 11.9 Å². The third kappa shape index (κ3) is 6.95. The van der Waals surface area contributed by atoms with Crippen molar-refractivity contribution in [1.29, 1.82) is 0 Å². The van der Waals surface area contributed by atoms with Crippen molar-refractivity contribution in [3.63, 3.8) is 0 Å². The van der Waals surface area contributed by atoms with Crippen molar-refractivity contribution in [1.82, 2.24) is 9.66 Å². The minimum Gasteiger partial charge on any atom is -0.476 e. The van der Waals surface area contributed by atoms with Crippen LogP contribution in [0.1, 0.15) is 31.2 Å². The Kier molecular flexibility index (Phi) is 9.20. The molecule has 200 valence electrons. The van der Waals surface area contributed by atoms with Crippen molar-refractivity contribution >= 4 is 66.3 Å². The van der Waals surface area contributed by atoms with Gasteiger partial charge in [-0.1, -0.05) is 47.5 Å². The number of nitro benzene ring substituents is 1.